The van der Waals surface area contributed by atoms with Gasteiger partial charge in [-0.05, 0) is 56.3 Å². The summed E-state index contributed by atoms with van der Waals surface area (Å²) in [7, 11) is 0. The van der Waals surface area contributed by atoms with Gasteiger partial charge in [0.25, 0.3) is 5.95 Å². The number of hydrogen-bond donors (Lipinski definition) is 2. The minimum absolute atomic E-state index is 0.193. The van der Waals surface area contributed by atoms with Crippen LogP contribution in [0.3, 0.4) is 0 Å². The fourth-order valence-electron chi connectivity index (χ4n) is 5.23. The molecule has 1 unspecified atom stereocenters. The predicted molar refractivity (Wildman–Crippen MR) is 139 cm³/mol. The molecule has 8 nitrogen and oxygen atoms in total. The molecule has 4 aromatic heterocycles. The molecule has 1 saturated carbocycles. The lowest BCUT2D eigenvalue weighted by Gasteiger charge is -2.32. The Morgan fingerprint density at radius 1 is 1.05 bits per heavy atom. The lowest BCUT2D eigenvalue weighted by atomic mass is 9.79. The van der Waals surface area contributed by atoms with Crippen LogP contribution < -0.4 is 15.5 Å². The van der Waals surface area contributed by atoms with E-state index in [0.717, 1.165) is 55.6 Å². The molecule has 1 saturated heterocycles. The molecule has 6 rings (SSSR count). The second-order valence-corrected chi connectivity index (χ2v) is 9.70. The van der Waals surface area contributed by atoms with Gasteiger partial charge in [0.2, 0.25) is 0 Å². The van der Waals surface area contributed by atoms with Crippen molar-refractivity contribution in [3.63, 3.8) is 0 Å². The Kier molecular flexibility index (Phi) is 6.52. The van der Waals surface area contributed by atoms with Crippen molar-refractivity contribution >= 4 is 28.4 Å². The number of nitrogens with zero attached hydrogens (tertiary/aromatic N) is 6. The van der Waals surface area contributed by atoms with E-state index in [1.807, 2.05) is 6.20 Å². The van der Waals surface area contributed by atoms with Gasteiger partial charge < -0.3 is 15.5 Å². The van der Waals surface area contributed by atoms with Crippen molar-refractivity contribution < 1.29 is 13.2 Å². The smallest absolute Gasteiger partial charge is 0.251 e. The van der Waals surface area contributed by atoms with Crippen LogP contribution in [0, 0.1) is 17.6 Å². The Hall–Kier alpha value is -3.86. The van der Waals surface area contributed by atoms with Gasteiger partial charge in [-0.25, -0.2) is 23.7 Å². The Bertz CT molecular complexity index is 1490. The molecule has 1 aliphatic heterocycles. The second-order valence-electron chi connectivity index (χ2n) is 9.70. The van der Waals surface area contributed by atoms with Gasteiger partial charge in [0, 0.05) is 48.5 Å². The molecule has 0 amide bonds. The van der Waals surface area contributed by atoms with Crippen molar-refractivity contribution in [1.29, 1.82) is 0 Å². The molecule has 0 bridgehead atoms. The summed E-state index contributed by atoms with van der Waals surface area (Å²) in [5.41, 5.74) is 2.58. The molecular formula is C27H27F3N8. The first-order valence-electron chi connectivity index (χ1n) is 12.9. The first-order chi connectivity index (χ1) is 18.5. The van der Waals surface area contributed by atoms with Gasteiger partial charge in [0.15, 0.2) is 23.3 Å². The minimum Gasteiger partial charge on any atom is -0.352 e. The number of pyridine rings is 3. The fraction of sp³-hybridized carbons (Fsp3) is 0.370. The van der Waals surface area contributed by atoms with Crippen LogP contribution in [0.1, 0.15) is 44.1 Å². The quantitative estimate of drug-likeness (QED) is 0.326. The van der Waals surface area contributed by atoms with Crippen LogP contribution >= 0.6 is 0 Å². The third-order valence-corrected chi connectivity index (χ3v) is 7.40. The molecule has 2 N–H and O–H groups in total. The number of nitrogens with one attached hydrogen (secondary N) is 2. The average Bonchev–Trinajstić information content (AvgIpc) is 3.41. The number of likely N-dealkylation sites (N-methyl/N-ethyl adjacent to an activating group) is 1. The Balaban J connectivity index is 1.45. The van der Waals surface area contributed by atoms with Crippen LogP contribution in [0.5, 0.6) is 0 Å². The summed E-state index contributed by atoms with van der Waals surface area (Å²) < 4.78 is 41.1. The number of aromatic nitrogens is 5. The molecule has 38 heavy (non-hydrogen) atoms. The van der Waals surface area contributed by atoms with Crippen LogP contribution in [0.4, 0.5) is 30.6 Å². The molecule has 0 radical (unpaired) electrons. The van der Waals surface area contributed by atoms with E-state index in [4.69, 9.17) is 9.97 Å². The Morgan fingerprint density at radius 3 is 2.66 bits per heavy atom. The van der Waals surface area contributed by atoms with Gasteiger partial charge in [-0.15, -0.1) is 0 Å². The van der Waals surface area contributed by atoms with E-state index in [9.17, 15) is 13.2 Å². The van der Waals surface area contributed by atoms with Crippen LogP contribution in [-0.2, 0) is 0 Å². The molecule has 196 valence electrons. The van der Waals surface area contributed by atoms with Gasteiger partial charge in [-0.2, -0.15) is 9.37 Å². The Morgan fingerprint density at radius 2 is 1.92 bits per heavy atom. The summed E-state index contributed by atoms with van der Waals surface area (Å²) in [6, 6.07) is 4.13. The maximum absolute atomic E-state index is 14.2. The number of fused-ring (bicyclic) bond motifs is 1. The van der Waals surface area contributed by atoms with Crippen molar-refractivity contribution in [2.45, 2.75) is 44.6 Å². The summed E-state index contributed by atoms with van der Waals surface area (Å²) in [5, 5.41) is 7.13. The van der Waals surface area contributed by atoms with Crippen LogP contribution in [0.2, 0.25) is 0 Å². The van der Waals surface area contributed by atoms with E-state index in [2.05, 4.69) is 37.4 Å². The third-order valence-electron chi connectivity index (χ3n) is 7.40. The summed E-state index contributed by atoms with van der Waals surface area (Å²) in [6.45, 7) is 4.76. The van der Waals surface area contributed by atoms with Gasteiger partial charge in [-0.3, -0.25) is 4.98 Å². The molecule has 0 spiro atoms. The highest BCUT2D eigenvalue weighted by Gasteiger charge is 2.29. The number of hydrogen-bond acceptors (Lipinski definition) is 8. The lowest BCUT2D eigenvalue weighted by molar-refractivity contribution is 0.421. The van der Waals surface area contributed by atoms with Gasteiger partial charge in [-0.1, -0.05) is 6.42 Å². The fourth-order valence-corrected chi connectivity index (χ4v) is 5.23. The highest BCUT2D eigenvalue weighted by atomic mass is 19.2. The molecule has 1 atom stereocenters. The van der Waals surface area contributed by atoms with E-state index in [-0.39, 0.29) is 5.82 Å². The van der Waals surface area contributed by atoms with E-state index in [1.165, 1.54) is 18.2 Å². The molecule has 1 aliphatic carbocycles. The van der Waals surface area contributed by atoms with E-state index < -0.39 is 23.4 Å². The molecule has 4 aromatic rings. The average molecular weight is 521 g/mol. The zero-order chi connectivity index (χ0) is 26.2. The van der Waals surface area contributed by atoms with Crippen LogP contribution in [0.15, 0.2) is 36.8 Å². The molecule has 2 aliphatic rings. The molecule has 2 fully saturated rings. The van der Waals surface area contributed by atoms with Crippen molar-refractivity contribution in [3.05, 3.63) is 59.9 Å². The maximum atomic E-state index is 14.2. The van der Waals surface area contributed by atoms with Crippen molar-refractivity contribution in [2.75, 3.05) is 29.9 Å². The van der Waals surface area contributed by atoms with Gasteiger partial charge in [0.05, 0.1) is 11.7 Å². The Labute approximate surface area is 217 Å². The largest absolute Gasteiger partial charge is 0.352 e. The van der Waals surface area contributed by atoms with Gasteiger partial charge >= 0.3 is 0 Å². The van der Waals surface area contributed by atoms with Crippen molar-refractivity contribution in [1.82, 2.24) is 30.2 Å². The minimum atomic E-state index is -1.40. The molecular weight excluding hydrogens is 493 g/mol. The number of anilines is 3. The van der Waals surface area contributed by atoms with Crippen molar-refractivity contribution in [3.8, 4) is 11.4 Å². The first kappa shape index (κ1) is 24.5. The highest BCUT2D eigenvalue weighted by molar-refractivity contribution is 5.94. The van der Waals surface area contributed by atoms with Gasteiger partial charge in [0.1, 0.15) is 11.6 Å². The van der Waals surface area contributed by atoms with Crippen LogP contribution in [-0.4, -0.2) is 50.6 Å². The predicted octanol–water partition coefficient (Wildman–Crippen LogP) is 5.10. The first-order valence-corrected chi connectivity index (χ1v) is 12.9. The lowest BCUT2D eigenvalue weighted by Crippen LogP contribution is -2.37. The van der Waals surface area contributed by atoms with E-state index in [0.29, 0.717) is 29.4 Å². The summed E-state index contributed by atoms with van der Waals surface area (Å²) >= 11 is 0. The second kappa shape index (κ2) is 10.1. The normalized spacial score (nSPS) is 17.5. The monoisotopic (exact) mass is 520 g/mol. The van der Waals surface area contributed by atoms with E-state index in [1.54, 1.807) is 18.3 Å². The summed E-state index contributed by atoms with van der Waals surface area (Å²) in [6.07, 6.45) is 9.74. The molecule has 11 heteroatoms. The number of halogens is 3. The third kappa shape index (κ3) is 4.51. The van der Waals surface area contributed by atoms with E-state index >= 15 is 0 Å². The molecule has 5 heterocycles. The van der Waals surface area contributed by atoms with Crippen LogP contribution in [0.25, 0.3) is 22.3 Å². The highest BCUT2D eigenvalue weighted by Crippen LogP contribution is 2.42. The topological polar surface area (TPSA) is 91.8 Å². The SMILES string of the molecule is CCN(c1nc(-c2ccnc(Nc3nc(F)c(F)cc3F)c2)nc2cncc(C3CCC3)c12)C1CCNC1. The standard InChI is InChI=1S/C27H27F3N8/c1-2-38(17-7-8-31-12-17)27-23-18(15-4-3-5-15)13-32-14-21(23)34-25(37-27)16-6-9-33-22(10-16)35-26-20(29)11-19(28)24(30)36-26/h6,9-11,13-15,17,31H,2-5,7-8,12H2,1H3,(H,33,35,36). The zero-order valence-electron chi connectivity index (χ0n) is 20.9. The maximum Gasteiger partial charge on any atom is 0.251 e. The number of rotatable bonds is 7. The molecule has 0 aromatic carbocycles. The summed E-state index contributed by atoms with van der Waals surface area (Å²) in [4.78, 5) is 24.3. The zero-order valence-corrected chi connectivity index (χ0v) is 20.9. The van der Waals surface area contributed by atoms with Crippen molar-refractivity contribution in [2.24, 2.45) is 0 Å². The summed E-state index contributed by atoms with van der Waals surface area (Å²) in [5.74, 6) is -2.26.